The van der Waals surface area contributed by atoms with Crippen LogP contribution in [0.15, 0.2) is 51.2 Å². The number of amides is 1. The molecule has 2 heterocycles. The van der Waals surface area contributed by atoms with Crippen molar-refractivity contribution in [1.82, 2.24) is 15.5 Å². The molecular weight excluding hydrogens is 342 g/mol. The fourth-order valence-corrected chi connectivity index (χ4v) is 3.76. The van der Waals surface area contributed by atoms with Crippen LogP contribution >= 0.6 is 23.1 Å². The van der Waals surface area contributed by atoms with Crippen LogP contribution in [0.1, 0.15) is 27.0 Å². The fraction of sp³-hybridized carbons (Fsp3) is 0.235. The van der Waals surface area contributed by atoms with Crippen LogP contribution in [0.25, 0.3) is 0 Å². The van der Waals surface area contributed by atoms with Gasteiger partial charge in [0, 0.05) is 16.3 Å². The number of aromatic nitrogens is 2. The molecule has 1 amide bonds. The first kappa shape index (κ1) is 16.7. The number of carbonyl (C=O) groups excluding carboxylic acids is 1. The molecule has 0 atom stereocenters. The van der Waals surface area contributed by atoms with Gasteiger partial charge in [-0.25, -0.2) is 0 Å². The maximum absolute atomic E-state index is 12.4. The van der Waals surface area contributed by atoms with E-state index in [2.05, 4.69) is 21.5 Å². The summed E-state index contributed by atoms with van der Waals surface area (Å²) in [6.07, 6.45) is 0.847. The Hall–Kier alpha value is -2.12. The average molecular weight is 359 g/mol. The van der Waals surface area contributed by atoms with Crippen molar-refractivity contribution in [1.29, 1.82) is 0 Å². The molecule has 24 heavy (non-hydrogen) atoms. The Kier molecular flexibility index (Phi) is 5.66. The van der Waals surface area contributed by atoms with Crippen LogP contribution in [0.5, 0.6) is 0 Å². The van der Waals surface area contributed by atoms with Crippen LogP contribution in [0.3, 0.4) is 0 Å². The molecule has 0 aliphatic carbocycles. The predicted octanol–water partition coefficient (Wildman–Crippen LogP) is 3.70. The van der Waals surface area contributed by atoms with Crippen molar-refractivity contribution in [2.75, 3.05) is 6.54 Å². The molecule has 7 heteroatoms. The molecule has 0 fully saturated rings. The zero-order valence-electron chi connectivity index (χ0n) is 13.2. The van der Waals surface area contributed by atoms with E-state index < -0.39 is 0 Å². The van der Waals surface area contributed by atoms with E-state index in [1.807, 2.05) is 35.7 Å². The monoisotopic (exact) mass is 359 g/mol. The molecule has 1 N–H and O–H groups in total. The van der Waals surface area contributed by atoms with E-state index in [4.69, 9.17) is 4.52 Å². The highest BCUT2D eigenvalue weighted by Crippen LogP contribution is 2.25. The highest BCUT2D eigenvalue weighted by atomic mass is 32.2. The lowest BCUT2D eigenvalue weighted by Crippen LogP contribution is -2.26. The van der Waals surface area contributed by atoms with Crippen LogP contribution < -0.4 is 5.32 Å². The van der Waals surface area contributed by atoms with Crippen molar-refractivity contribution in [3.8, 4) is 0 Å². The lowest BCUT2D eigenvalue weighted by molar-refractivity contribution is 0.0951. The van der Waals surface area contributed by atoms with E-state index in [1.54, 1.807) is 18.3 Å². The predicted molar refractivity (Wildman–Crippen MR) is 95.4 cm³/mol. The number of nitrogens with zero attached hydrogens (tertiary/aromatic N) is 2. The minimum atomic E-state index is -0.0589. The molecule has 2 aromatic heterocycles. The molecule has 0 saturated carbocycles. The number of nitrogens with one attached hydrogen (secondary N) is 1. The van der Waals surface area contributed by atoms with Crippen LogP contribution in [-0.2, 0) is 12.2 Å². The zero-order chi connectivity index (χ0) is 16.8. The Bertz CT molecular complexity index is 800. The van der Waals surface area contributed by atoms with Gasteiger partial charge in [0.15, 0.2) is 5.82 Å². The van der Waals surface area contributed by atoms with Crippen LogP contribution in [0, 0.1) is 6.92 Å². The quantitative estimate of drug-likeness (QED) is 0.652. The van der Waals surface area contributed by atoms with Crippen LogP contribution in [0.4, 0.5) is 0 Å². The van der Waals surface area contributed by atoms with Crippen molar-refractivity contribution < 1.29 is 9.32 Å². The molecule has 3 aromatic rings. The summed E-state index contributed by atoms with van der Waals surface area (Å²) in [4.78, 5) is 18.8. The highest BCUT2D eigenvalue weighted by molar-refractivity contribution is 7.98. The van der Waals surface area contributed by atoms with Gasteiger partial charge in [0.05, 0.1) is 11.3 Å². The number of hydrogen-bond acceptors (Lipinski definition) is 6. The van der Waals surface area contributed by atoms with Gasteiger partial charge in [-0.15, -0.1) is 23.1 Å². The van der Waals surface area contributed by atoms with E-state index in [-0.39, 0.29) is 5.91 Å². The normalized spacial score (nSPS) is 10.7. The topological polar surface area (TPSA) is 68.0 Å². The number of hydrogen-bond donors (Lipinski definition) is 1. The van der Waals surface area contributed by atoms with Gasteiger partial charge in [0.2, 0.25) is 5.89 Å². The Morgan fingerprint density at radius 2 is 2.17 bits per heavy atom. The largest absolute Gasteiger partial charge is 0.352 e. The lowest BCUT2D eigenvalue weighted by Gasteiger charge is -2.09. The van der Waals surface area contributed by atoms with Crippen molar-refractivity contribution in [2.24, 2.45) is 0 Å². The van der Waals surface area contributed by atoms with Crippen molar-refractivity contribution in [3.05, 3.63) is 63.9 Å². The third kappa shape index (κ3) is 4.46. The Morgan fingerprint density at radius 3 is 2.92 bits per heavy atom. The van der Waals surface area contributed by atoms with E-state index >= 15 is 0 Å². The molecule has 0 saturated heterocycles. The second-order valence-electron chi connectivity index (χ2n) is 5.11. The van der Waals surface area contributed by atoms with Gasteiger partial charge in [-0.05, 0) is 36.9 Å². The van der Waals surface area contributed by atoms with E-state index in [9.17, 15) is 4.79 Å². The van der Waals surface area contributed by atoms with Gasteiger partial charge >= 0.3 is 0 Å². The molecule has 0 bridgehead atoms. The number of thiophene rings is 1. The summed E-state index contributed by atoms with van der Waals surface area (Å²) in [6.45, 7) is 2.41. The standard InChI is InChI=1S/C17H17N3O2S2/c1-12-19-16(22-20-12)11-24-15-7-3-2-6-14(15)17(21)18-9-8-13-5-4-10-23-13/h2-7,10H,8-9,11H2,1H3,(H,18,21). The molecule has 0 spiro atoms. The lowest BCUT2D eigenvalue weighted by atomic mass is 10.2. The number of benzene rings is 1. The van der Waals surface area contributed by atoms with Gasteiger partial charge in [0.25, 0.3) is 5.91 Å². The molecule has 5 nitrogen and oxygen atoms in total. The Balaban J connectivity index is 1.59. The molecule has 0 aliphatic heterocycles. The minimum absolute atomic E-state index is 0.0589. The van der Waals surface area contributed by atoms with Gasteiger partial charge in [0.1, 0.15) is 0 Å². The maximum Gasteiger partial charge on any atom is 0.252 e. The summed E-state index contributed by atoms with van der Waals surface area (Å²) in [5.74, 6) is 1.66. The van der Waals surface area contributed by atoms with Gasteiger partial charge in [-0.3, -0.25) is 4.79 Å². The van der Waals surface area contributed by atoms with E-state index in [1.165, 1.54) is 16.6 Å². The first-order valence-electron chi connectivity index (χ1n) is 7.54. The van der Waals surface area contributed by atoms with E-state index in [0.717, 1.165) is 11.3 Å². The molecule has 124 valence electrons. The second-order valence-corrected chi connectivity index (χ2v) is 7.15. The molecule has 3 rings (SSSR count). The second kappa shape index (κ2) is 8.12. The fourth-order valence-electron chi connectivity index (χ4n) is 2.17. The van der Waals surface area contributed by atoms with E-state index in [0.29, 0.717) is 29.6 Å². The minimum Gasteiger partial charge on any atom is -0.352 e. The van der Waals surface area contributed by atoms with Gasteiger partial charge in [-0.1, -0.05) is 23.4 Å². The number of aryl methyl sites for hydroxylation is 1. The molecule has 0 radical (unpaired) electrons. The summed E-state index contributed by atoms with van der Waals surface area (Å²) < 4.78 is 5.11. The first-order chi connectivity index (χ1) is 11.7. The summed E-state index contributed by atoms with van der Waals surface area (Å²) in [5, 5.41) is 8.80. The SMILES string of the molecule is Cc1noc(CSc2ccccc2C(=O)NCCc2cccs2)n1. The molecule has 0 unspecified atom stereocenters. The third-order valence-electron chi connectivity index (χ3n) is 3.29. The average Bonchev–Trinajstić information content (AvgIpc) is 3.25. The van der Waals surface area contributed by atoms with Crippen molar-refractivity contribution >= 4 is 29.0 Å². The van der Waals surface area contributed by atoms with Crippen LogP contribution in [0.2, 0.25) is 0 Å². The molecular formula is C17H17N3O2S2. The summed E-state index contributed by atoms with van der Waals surface area (Å²) >= 11 is 3.22. The summed E-state index contributed by atoms with van der Waals surface area (Å²) in [5.41, 5.74) is 0.671. The molecule has 0 aliphatic rings. The first-order valence-corrected chi connectivity index (χ1v) is 9.40. The summed E-state index contributed by atoms with van der Waals surface area (Å²) in [6, 6.07) is 11.7. The number of carbonyl (C=O) groups is 1. The molecule has 1 aromatic carbocycles. The Labute approximate surface area is 148 Å². The van der Waals surface area contributed by atoms with Gasteiger partial charge in [-0.2, -0.15) is 4.98 Å². The smallest absolute Gasteiger partial charge is 0.252 e. The zero-order valence-corrected chi connectivity index (χ0v) is 14.8. The maximum atomic E-state index is 12.4. The number of thioether (sulfide) groups is 1. The van der Waals surface area contributed by atoms with Crippen LogP contribution in [-0.4, -0.2) is 22.6 Å². The van der Waals surface area contributed by atoms with Crippen molar-refractivity contribution in [2.45, 2.75) is 24.0 Å². The Morgan fingerprint density at radius 1 is 1.29 bits per heavy atom. The highest BCUT2D eigenvalue weighted by Gasteiger charge is 2.12. The van der Waals surface area contributed by atoms with Gasteiger partial charge < -0.3 is 9.84 Å². The third-order valence-corrected chi connectivity index (χ3v) is 5.28. The summed E-state index contributed by atoms with van der Waals surface area (Å²) in [7, 11) is 0. The number of rotatable bonds is 7. The van der Waals surface area contributed by atoms with Crippen molar-refractivity contribution in [3.63, 3.8) is 0 Å².